The lowest BCUT2D eigenvalue weighted by Gasteiger charge is -2.11. The summed E-state index contributed by atoms with van der Waals surface area (Å²) >= 11 is 2.12. The summed E-state index contributed by atoms with van der Waals surface area (Å²) in [6, 6.07) is 13.1. The van der Waals surface area contributed by atoms with Crippen LogP contribution in [0.25, 0.3) is 0 Å². The first-order chi connectivity index (χ1) is 20.8. The third kappa shape index (κ3) is 8.11. The molecule has 3 heterocycles. The van der Waals surface area contributed by atoms with Gasteiger partial charge in [-0.05, 0) is 50.5 Å². The summed E-state index contributed by atoms with van der Waals surface area (Å²) < 4.78 is 17.3. The number of esters is 2. The topological polar surface area (TPSA) is 155 Å². The van der Waals surface area contributed by atoms with E-state index in [1.165, 1.54) is 6.26 Å². The molecule has 0 aliphatic carbocycles. The number of carbonyl (C=O) groups excluding carboxylic acids is 4. The van der Waals surface area contributed by atoms with Gasteiger partial charge >= 0.3 is 11.9 Å². The van der Waals surface area contributed by atoms with Crippen molar-refractivity contribution in [2.45, 2.75) is 45.4 Å². The van der Waals surface area contributed by atoms with Gasteiger partial charge in [0.2, 0.25) is 5.91 Å². The van der Waals surface area contributed by atoms with E-state index in [0.717, 1.165) is 28.7 Å². The van der Waals surface area contributed by atoms with Gasteiger partial charge in [0.05, 0.1) is 37.3 Å². The van der Waals surface area contributed by atoms with Crippen LogP contribution in [-0.4, -0.2) is 57.5 Å². The largest absolute Gasteiger partial charge is 0.462 e. The van der Waals surface area contributed by atoms with Gasteiger partial charge in [-0.2, -0.15) is 0 Å². The Morgan fingerprint density at radius 2 is 1.74 bits per heavy atom. The number of thioether (sulfide) groups is 1. The second-order valence-electron chi connectivity index (χ2n) is 8.98. The van der Waals surface area contributed by atoms with Crippen LogP contribution in [0.5, 0.6) is 0 Å². The van der Waals surface area contributed by atoms with E-state index in [9.17, 15) is 19.2 Å². The lowest BCUT2D eigenvalue weighted by atomic mass is 10.1. The molecule has 0 saturated carbocycles. The number of hydrogen-bond acceptors (Lipinski definition) is 11. The third-order valence-electron chi connectivity index (χ3n) is 6.08. The predicted molar refractivity (Wildman–Crippen MR) is 160 cm³/mol. The molecule has 0 aliphatic heterocycles. The number of benzene rings is 1. The minimum atomic E-state index is -0.642. The standard InChI is InChI=1S/C29H31N5O7S2/c1-4-39-27(37)23-18(3)24(28(38)40-5-2)43-26(23)31-22(35)17-42-29-33-32-21(16-30-25(36)20-12-9-15-41-20)34(29)14-13-19-10-7-6-8-11-19/h6-12,15H,4-5,13-14,16-17H2,1-3H3,(H,30,36)(H,31,35). The molecule has 0 bridgehead atoms. The number of anilines is 1. The number of amides is 2. The Labute approximate surface area is 256 Å². The highest BCUT2D eigenvalue weighted by Crippen LogP contribution is 2.34. The molecule has 1 aromatic carbocycles. The average molecular weight is 626 g/mol. The molecule has 0 radical (unpaired) electrons. The molecule has 0 saturated heterocycles. The molecule has 2 amide bonds. The number of rotatable bonds is 14. The van der Waals surface area contributed by atoms with E-state index in [-0.39, 0.29) is 52.6 Å². The van der Waals surface area contributed by atoms with E-state index in [1.54, 1.807) is 32.9 Å². The van der Waals surface area contributed by atoms with Crippen LogP contribution in [0, 0.1) is 6.92 Å². The van der Waals surface area contributed by atoms with Gasteiger partial charge in [0.15, 0.2) is 16.7 Å². The van der Waals surface area contributed by atoms with Crippen LogP contribution in [0.3, 0.4) is 0 Å². The molecule has 0 unspecified atom stereocenters. The van der Waals surface area contributed by atoms with Crippen LogP contribution in [0.1, 0.15) is 61.4 Å². The fourth-order valence-corrected chi connectivity index (χ4v) is 5.94. The van der Waals surface area contributed by atoms with Crippen molar-refractivity contribution in [3.63, 3.8) is 0 Å². The zero-order valence-electron chi connectivity index (χ0n) is 23.9. The summed E-state index contributed by atoms with van der Waals surface area (Å²) in [5.74, 6) is -1.40. The lowest BCUT2D eigenvalue weighted by molar-refractivity contribution is -0.113. The Morgan fingerprint density at radius 3 is 2.44 bits per heavy atom. The van der Waals surface area contributed by atoms with E-state index >= 15 is 0 Å². The molecule has 4 rings (SSSR count). The fourth-order valence-electron chi connectivity index (χ4n) is 4.06. The first kappa shape index (κ1) is 31.5. The molecular formula is C29H31N5O7S2. The second kappa shape index (κ2) is 15.2. The van der Waals surface area contributed by atoms with Crippen molar-refractivity contribution in [1.29, 1.82) is 0 Å². The van der Waals surface area contributed by atoms with Crippen molar-refractivity contribution in [1.82, 2.24) is 20.1 Å². The zero-order chi connectivity index (χ0) is 30.8. The molecule has 4 aromatic rings. The van der Waals surface area contributed by atoms with Crippen LogP contribution >= 0.6 is 23.1 Å². The van der Waals surface area contributed by atoms with Gasteiger partial charge in [0.1, 0.15) is 9.88 Å². The quantitative estimate of drug-likeness (QED) is 0.151. The SMILES string of the molecule is CCOC(=O)c1sc(NC(=O)CSc2nnc(CNC(=O)c3ccco3)n2CCc2ccccc2)c(C(=O)OCC)c1C. The number of aryl methyl sites for hydroxylation is 1. The van der Waals surface area contributed by atoms with Crippen LogP contribution in [-0.2, 0) is 33.8 Å². The summed E-state index contributed by atoms with van der Waals surface area (Å²) in [7, 11) is 0. The molecule has 43 heavy (non-hydrogen) atoms. The van der Waals surface area contributed by atoms with Crippen molar-refractivity contribution in [3.8, 4) is 0 Å². The maximum absolute atomic E-state index is 13.1. The molecule has 226 valence electrons. The van der Waals surface area contributed by atoms with Crippen LogP contribution in [0.15, 0.2) is 58.3 Å². The van der Waals surface area contributed by atoms with Gasteiger partial charge in [-0.3, -0.25) is 9.59 Å². The van der Waals surface area contributed by atoms with Gasteiger partial charge in [0, 0.05) is 6.54 Å². The first-order valence-corrected chi connectivity index (χ1v) is 15.3. The molecule has 0 atom stereocenters. The van der Waals surface area contributed by atoms with Crippen molar-refractivity contribution in [2.24, 2.45) is 0 Å². The number of nitrogens with zero attached hydrogens (tertiary/aromatic N) is 3. The van der Waals surface area contributed by atoms with E-state index in [2.05, 4.69) is 20.8 Å². The van der Waals surface area contributed by atoms with Gasteiger partial charge in [-0.15, -0.1) is 21.5 Å². The van der Waals surface area contributed by atoms with E-state index in [0.29, 0.717) is 29.5 Å². The maximum atomic E-state index is 13.1. The van der Waals surface area contributed by atoms with Crippen molar-refractivity contribution in [3.05, 3.63) is 81.9 Å². The number of carbonyl (C=O) groups is 4. The summed E-state index contributed by atoms with van der Waals surface area (Å²) in [4.78, 5) is 50.8. The van der Waals surface area contributed by atoms with E-state index < -0.39 is 17.8 Å². The van der Waals surface area contributed by atoms with E-state index in [1.807, 2.05) is 34.9 Å². The number of aromatic nitrogens is 3. The molecular weight excluding hydrogens is 594 g/mol. The van der Waals surface area contributed by atoms with Crippen molar-refractivity contribution in [2.75, 3.05) is 24.3 Å². The highest BCUT2D eigenvalue weighted by Gasteiger charge is 2.27. The zero-order valence-corrected chi connectivity index (χ0v) is 25.5. The molecule has 0 fully saturated rings. The van der Waals surface area contributed by atoms with Gasteiger partial charge < -0.3 is 29.1 Å². The van der Waals surface area contributed by atoms with Gasteiger partial charge in [0.25, 0.3) is 5.91 Å². The van der Waals surface area contributed by atoms with E-state index in [4.69, 9.17) is 13.9 Å². The van der Waals surface area contributed by atoms with Crippen LogP contribution in [0.2, 0.25) is 0 Å². The summed E-state index contributed by atoms with van der Waals surface area (Å²) in [5.41, 5.74) is 1.60. The van der Waals surface area contributed by atoms with Gasteiger partial charge in [-0.1, -0.05) is 42.1 Å². The Hall–Kier alpha value is -4.43. The second-order valence-corrected chi connectivity index (χ2v) is 10.9. The number of ether oxygens (including phenoxy) is 2. The number of nitrogens with one attached hydrogen (secondary N) is 2. The molecule has 14 heteroatoms. The number of furan rings is 1. The van der Waals surface area contributed by atoms with Crippen LogP contribution < -0.4 is 10.6 Å². The number of thiophene rings is 1. The Bertz CT molecular complexity index is 1570. The molecule has 12 nitrogen and oxygen atoms in total. The number of hydrogen-bond donors (Lipinski definition) is 2. The molecule has 0 spiro atoms. The Balaban J connectivity index is 1.49. The molecule has 0 aliphatic rings. The highest BCUT2D eigenvalue weighted by molar-refractivity contribution is 7.99. The Morgan fingerprint density at radius 1 is 1.00 bits per heavy atom. The summed E-state index contributed by atoms with van der Waals surface area (Å²) in [6.07, 6.45) is 2.09. The maximum Gasteiger partial charge on any atom is 0.348 e. The van der Waals surface area contributed by atoms with Crippen LogP contribution in [0.4, 0.5) is 5.00 Å². The lowest BCUT2D eigenvalue weighted by Crippen LogP contribution is -2.24. The molecule has 2 N–H and O–H groups in total. The van der Waals surface area contributed by atoms with Gasteiger partial charge in [-0.25, -0.2) is 9.59 Å². The Kier molecular flexibility index (Phi) is 11.1. The monoisotopic (exact) mass is 625 g/mol. The first-order valence-electron chi connectivity index (χ1n) is 13.5. The normalized spacial score (nSPS) is 10.8. The predicted octanol–water partition coefficient (Wildman–Crippen LogP) is 4.50. The highest BCUT2D eigenvalue weighted by atomic mass is 32.2. The van der Waals surface area contributed by atoms with Crippen molar-refractivity contribution < 1.29 is 33.1 Å². The fraction of sp³-hybridized carbons (Fsp3) is 0.310. The van der Waals surface area contributed by atoms with Crippen molar-refractivity contribution >= 4 is 51.9 Å². The minimum absolute atomic E-state index is 0.0593. The smallest absolute Gasteiger partial charge is 0.348 e. The summed E-state index contributed by atoms with van der Waals surface area (Å²) in [6.45, 7) is 5.88. The third-order valence-corrected chi connectivity index (χ3v) is 8.24. The summed E-state index contributed by atoms with van der Waals surface area (Å²) in [5, 5.41) is 14.7. The molecule has 3 aromatic heterocycles. The minimum Gasteiger partial charge on any atom is -0.462 e. The average Bonchev–Trinajstić information content (AvgIpc) is 3.74.